The van der Waals surface area contributed by atoms with E-state index in [0.29, 0.717) is 0 Å². The van der Waals surface area contributed by atoms with Crippen LogP contribution in [-0.2, 0) is 0 Å². The van der Waals surface area contributed by atoms with Crippen molar-refractivity contribution in [2.75, 3.05) is 0 Å². The van der Waals surface area contributed by atoms with Crippen LogP contribution in [0.5, 0.6) is 0 Å². The lowest BCUT2D eigenvalue weighted by molar-refractivity contribution is 1.33. The van der Waals surface area contributed by atoms with Crippen LogP contribution in [0.2, 0.25) is 0 Å². The van der Waals surface area contributed by atoms with Gasteiger partial charge in [0.2, 0.25) is 0 Å². The minimum Gasteiger partial charge on any atom is -0.256 e. The van der Waals surface area contributed by atoms with E-state index in [4.69, 9.17) is 0 Å². The number of aromatic nitrogens is 1. The zero-order valence-corrected chi connectivity index (χ0v) is 14.0. The third kappa shape index (κ3) is 2.78. The first-order valence-corrected chi connectivity index (χ1v) is 8.54. The molecule has 2 heterocycles. The number of nitrogens with zero attached hydrogens (tertiary/aromatic N) is 1. The number of pyridine rings is 1. The molecule has 112 valence electrons. The Hall–Kier alpha value is -2.45. The summed E-state index contributed by atoms with van der Waals surface area (Å²) < 4.78 is 1.29. The predicted octanol–water partition coefficient (Wildman–Crippen LogP) is 6.25. The van der Waals surface area contributed by atoms with Gasteiger partial charge in [-0.25, -0.2) is 0 Å². The van der Waals surface area contributed by atoms with E-state index in [1.807, 2.05) is 17.5 Å². The molecule has 0 fully saturated rings. The predicted molar refractivity (Wildman–Crippen MR) is 100.0 cm³/mol. The number of hydrogen-bond donors (Lipinski definition) is 0. The van der Waals surface area contributed by atoms with Gasteiger partial charge in [0.1, 0.15) is 0 Å². The smallest absolute Gasteiger partial charge is 0.0716 e. The molecule has 0 N–H and O–H groups in total. The number of fused-ring (bicyclic) bond motifs is 1. The average molecular weight is 315 g/mol. The molecule has 0 radical (unpaired) electrons. The molecule has 23 heavy (non-hydrogen) atoms. The lowest BCUT2D eigenvalue weighted by Gasteiger charge is -2.04. The molecule has 4 aromatic rings. The maximum atomic E-state index is 4.67. The zero-order valence-electron chi connectivity index (χ0n) is 13.2. The Labute approximate surface area is 140 Å². The zero-order chi connectivity index (χ0) is 15.8. The number of aryl methyl sites for hydroxylation is 2. The molecule has 2 heteroatoms. The molecule has 0 aliphatic rings. The fourth-order valence-electron chi connectivity index (χ4n) is 2.96. The molecule has 4 rings (SSSR count). The van der Waals surface area contributed by atoms with E-state index in [1.54, 1.807) is 0 Å². The highest BCUT2D eigenvalue weighted by Gasteiger charge is 2.07. The van der Waals surface area contributed by atoms with Gasteiger partial charge in [0.25, 0.3) is 0 Å². The highest BCUT2D eigenvalue weighted by Crippen LogP contribution is 2.35. The van der Waals surface area contributed by atoms with E-state index in [1.165, 1.54) is 37.2 Å². The summed E-state index contributed by atoms with van der Waals surface area (Å²) in [5.74, 6) is 0. The van der Waals surface area contributed by atoms with Crippen molar-refractivity contribution in [1.82, 2.24) is 4.98 Å². The first kappa shape index (κ1) is 14.2. The molecule has 0 unspecified atom stereocenters. The molecule has 1 nitrogen and oxygen atoms in total. The monoisotopic (exact) mass is 315 g/mol. The quantitative estimate of drug-likeness (QED) is 0.426. The van der Waals surface area contributed by atoms with Crippen molar-refractivity contribution in [3.05, 3.63) is 78.0 Å². The summed E-state index contributed by atoms with van der Waals surface area (Å²) in [7, 11) is 0. The lowest BCUT2D eigenvalue weighted by atomic mass is 10.0. The van der Waals surface area contributed by atoms with Crippen molar-refractivity contribution in [3.8, 4) is 21.7 Å². The number of rotatable bonds is 2. The van der Waals surface area contributed by atoms with E-state index in [2.05, 4.69) is 79.5 Å². The first-order chi connectivity index (χ1) is 11.2. The van der Waals surface area contributed by atoms with E-state index in [9.17, 15) is 0 Å². The Balaban J connectivity index is 1.82. The maximum Gasteiger partial charge on any atom is 0.0716 e. The van der Waals surface area contributed by atoms with Gasteiger partial charge in [0.15, 0.2) is 0 Å². The minimum absolute atomic E-state index is 1.05. The van der Waals surface area contributed by atoms with E-state index >= 15 is 0 Å². The number of benzene rings is 2. The largest absolute Gasteiger partial charge is 0.256 e. The summed E-state index contributed by atoms with van der Waals surface area (Å²) in [5, 5.41) is 1.21. The molecule has 0 spiro atoms. The van der Waals surface area contributed by atoms with Crippen molar-refractivity contribution in [2.24, 2.45) is 0 Å². The lowest BCUT2D eigenvalue weighted by Crippen LogP contribution is -1.85. The number of hydrogen-bond acceptors (Lipinski definition) is 2. The van der Waals surface area contributed by atoms with Crippen molar-refractivity contribution in [3.63, 3.8) is 0 Å². The highest BCUT2D eigenvalue weighted by atomic mass is 32.1. The second-order valence-corrected chi connectivity index (χ2v) is 7.04. The Morgan fingerprint density at radius 3 is 2.26 bits per heavy atom. The molecule has 0 aliphatic heterocycles. The summed E-state index contributed by atoms with van der Waals surface area (Å²) in [4.78, 5) is 5.96. The van der Waals surface area contributed by atoms with Crippen molar-refractivity contribution < 1.29 is 0 Å². The molecule has 0 amide bonds. The molecular formula is C21H17NS. The second-order valence-electron chi connectivity index (χ2n) is 5.96. The Morgan fingerprint density at radius 2 is 1.52 bits per heavy atom. The summed E-state index contributed by atoms with van der Waals surface area (Å²) in [6.45, 7) is 4.27. The molecular weight excluding hydrogens is 298 g/mol. The molecule has 0 bridgehead atoms. The minimum atomic E-state index is 1.05. The van der Waals surface area contributed by atoms with Crippen LogP contribution in [0.1, 0.15) is 11.1 Å². The maximum absolute atomic E-state index is 4.67. The van der Waals surface area contributed by atoms with Crippen LogP contribution in [-0.4, -0.2) is 4.98 Å². The standard InChI is InChI=1S/C21H17NS/c1-14-8-15(2)10-17(9-14)19-12-21-18(13-22-19)11-20(23-21)16-6-4-3-5-7-16/h3-13H,1-2H3. The van der Waals surface area contributed by atoms with Crippen LogP contribution < -0.4 is 0 Å². The van der Waals surface area contributed by atoms with Gasteiger partial charge in [0.05, 0.1) is 5.69 Å². The van der Waals surface area contributed by atoms with Crippen LogP contribution in [0.25, 0.3) is 31.8 Å². The van der Waals surface area contributed by atoms with Gasteiger partial charge in [0, 0.05) is 26.7 Å². The van der Waals surface area contributed by atoms with Gasteiger partial charge in [-0.2, -0.15) is 0 Å². The van der Waals surface area contributed by atoms with Crippen LogP contribution >= 0.6 is 11.3 Å². The van der Waals surface area contributed by atoms with E-state index in [0.717, 1.165) is 5.69 Å². The Bertz CT molecular complexity index is 963. The fourth-order valence-corrected chi connectivity index (χ4v) is 4.04. The third-order valence-electron chi connectivity index (χ3n) is 3.98. The molecule has 2 aromatic carbocycles. The van der Waals surface area contributed by atoms with Crippen molar-refractivity contribution in [2.45, 2.75) is 13.8 Å². The van der Waals surface area contributed by atoms with Crippen LogP contribution in [0.3, 0.4) is 0 Å². The number of thiophene rings is 1. The summed E-state index contributed by atoms with van der Waals surface area (Å²) >= 11 is 1.83. The summed E-state index contributed by atoms with van der Waals surface area (Å²) in [6.07, 6.45) is 1.99. The van der Waals surface area contributed by atoms with Crippen LogP contribution in [0, 0.1) is 13.8 Å². The van der Waals surface area contributed by atoms with Gasteiger partial charge >= 0.3 is 0 Å². The molecule has 0 aliphatic carbocycles. The summed E-state index contributed by atoms with van der Waals surface area (Å²) in [5.41, 5.74) is 6.06. The molecule has 0 atom stereocenters. The Morgan fingerprint density at radius 1 is 0.783 bits per heavy atom. The van der Waals surface area contributed by atoms with Gasteiger partial charge in [-0.15, -0.1) is 11.3 Å². The van der Waals surface area contributed by atoms with Gasteiger partial charge < -0.3 is 0 Å². The van der Waals surface area contributed by atoms with Gasteiger partial charge in [-0.3, -0.25) is 4.98 Å². The van der Waals surface area contributed by atoms with E-state index < -0.39 is 0 Å². The average Bonchev–Trinajstić information content (AvgIpc) is 2.98. The molecule has 0 saturated carbocycles. The topological polar surface area (TPSA) is 12.9 Å². The summed E-state index contributed by atoms with van der Waals surface area (Å²) in [6, 6.07) is 21.6. The van der Waals surface area contributed by atoms with E-state index in [-0.39, 0.29) is 0 Å². The third-order valence-corrected chi connectivity index (χ3v) is 5.12. The fraction of sp³-hybridized carbons (Fsp3) is 0.0952. The highest BCUT2D eigenvalue weighted by molar-refractivity contribution is 7.22. The SMILES string of the molecule is Cc1cc(C)cc(-c2cc3sc(-c4ccccc4)cc3cn2)c1. The first-order valence-electron chi connectivity index (χ1n) is 7.73. The van der Waals surface area contributed by atoms with Crippen LogP contribution in [0.4, 0.5) is 0 Å². The molecule has 0 saturated heterocycles. The van der Waals surface area contributed by atoms with Crippen molar-refractivity contribution in [1.29, 1.82) is 0 Å². The van der Waals surface area contributed by atoms with Crippen LogP contribution in [0.15, 0.2) is 66.9 Å². The van der Waals surface area contributed by atoms with Crippen molar-refractivity contribution >= 4 is 21.4 Å². The normalized spacial score (nSPS) is 11.0. The Kier molecular flexibility index (Phi) is 3.47. The van der Waals surface area contributed by atoms with Gasteiger partial charge in [-0.1, -0.05) is 47.5 Å². The second kappa shape index (κ2) is 5.64. The van der Waals surface area contributed by atoms with Gasteiger partial charge in [-0.05, 0) is 43.7 Å². The molecule has 2 aromatic heterocycles.